The first kappa shape index (κ1) is 13.6. The summed E-state index contributed by atoms with van der Waals surface area (Å²) in [4.78, 5) is 2.21. The van der Waals surface area contributed by atoms with E-state index in [9.17, 15) is 0 Å². The molecule has 0 radical (unpaired) electrons. The summed E-state index contributed by atoms with van der Waals surface area (Å²) < 4.78 is 5.66. The monoisotopic (exact) mass is 272 g/mol. The second-order valence-corrected chi connectivity index (χ2v) is 5.11. The molecule has 0 fully saturated rings. The normalized spacial score (nSPS) is 10.4. The molecule has 0 saturated heterocycles. The van der Waals surface area contributed by atoms with Crippen molar-refractivity contribution in [1.82, 2.24) is 4.90 Å². The van der Waals surface area contributed by atoms with E-state index in [1.807, 2.05) is 18.2 Å². The minimum Gasteiger partial charge on any atom is -0.491 e. The fraction of sp³-hybridized carbons (Fsp3) is 0.267. The average molecular weight is 272 g/mol. The lowest BCUT2D eigenvalue weighted by molar-refractivity contribution is 0.232. The third-order valence-corrected chi connectivity index (χ3v) is 3.50. The van der Waals surface area contributed by atoms with Crippen molar-refractivity contribution in [2.24, 2.45) is 0 Å². The molecule has 3 nitrogen and oxygen atoms in total. The minimum atomic E-state index is 0.583. The molecular weight excluding hydrogens is 256 g/mol. The van der Waals surface area contributed by atoms with Crippen LogP contribution in [0.1, 0.15) is 11.1 Å². The van der Waals surface area contributed by atoms with Crippen LogP contribution in [-0.4, -0.2) is 25.1 Å². The van der Waals surface area contributed by atoms with E-state index in [0.717, 1.165) is 13.1 Å². The lowest BCUT2D eigenvalue weighted by Gasteiger charge is -2.16. The molecule has 0 bridgehead atoms. The predicted molar refractivity (Wildman–Crippen MR) is 77.3 cm³/mol. The summed E-state index contributed by atoms with van der Waals surface area (Å²) in [5.74, 6) is 0.661. The molecule has 0 atom stereocenters. The number of hydrogen-bond acceptors (Lipinski definition) is 4. The molecule has 2 rings (SSSR count). The third kappa shape index (κ3) is 4.09. The summed E-state index contributed by atoms with van der Waals surface area (Å²) in [7, 11) is 2.07. The fourth-order valence-electron chi connectivity index (χ4n) is 1.77. The Kier molecular flexibility index (Phi) is 4.96. The van der Waals surface area contributed by atoms with Gasteiger partial charge in [-0.05, 0) is 41.6 Å². The maximum absolute atomic E-state index is 8.96. The number of thiophene rings is 1. The number of nitriles is 1. The quantitative estimate of drug-likeness (QED) is 0.810. The maximum atomic E-state index is 8.96. The highest BCUT2D eigenvalue weighted by Crippen LogP contribution is 2.16. The van der Waals surface area contributed by atoms with Gasteiger partial charge in [-0.25, -0.2) is 0 Å². The minimum absolute atomic E-state index is 0.583. The molecular formula is C15H16N2OS. The van der Waals surface area contributed by atoms with E-state index < -0.39 is 0 Å². The van der Waals surface area contributed by atoms with Crippen LogP contribution in [0.3, 0.4) is 0 Å². The summed E-state index contributed by atoms with van der Waals surface area (Å²) in [6.07, 6.45) is 0. The van der Waals surface area contributed by atoms with E-state index in [-0.39, 0.29) is 0 Å². The van der Waals surface area contributed by atoms with Gasteiger partial charge in [-0.3, -0.25) is 4.90 Å². The van der Waals surface area contributed by atoms with Gasteiger partial charge in [-0.2, -0.15) is 16.6 Å². The van der Waals surface area contributed by atoms with Crippen LogP contribution in [0.5, 0.6) is 5.75 Å². The van der Waals surface area contributed by atoms with E-state index >= 15 is 0 Å². The van der Waals surface area contributed by atoms with Crippen LogP contribution in [0.25, 0.3) is 0 Å². The van der Waals surface area contributed by atoms with Crippen molar-refractivity contribution in [2.45, 2.75) is 6.54 Å². The van der Waals surface area contributed by atoms with E-state index in [2.05, 4.69) is 34.8 Å². The zero-order chi connectivity index (χ0) is 13.5. The Bertz CT molecular complexity index is 546. The SMILES string of the molecule is CN(CCOc1ccccc1C#N)Cc1ccsc1. The lowest BCUT2D eigenvalue weighted by atomic mass is 10.2. The average Bonchev–Trinajstić information content (AvgIpc) is 2.92. The molecule has 0 aliphatic carbocycles. The van der Waals surface area contributed by atoms with Crippen LogP contribution >= 0.6 is 11.3 Å². The van der Waals surface area contributed by atoms with Crippen LogP contribution in [0.4, 0.5) is 0 Å². The number of para-hydroxylation sites is 1. The Morgan fingerprint density at radius 2 is 2.16 bits per heavy atom. The second kappa shape index (κ2) is 6.93. The number of nitrogens with zero attached hydrogens (tertiary/aromatic N) is 2. The van der Waals surface area contributed by atoms with Crippen molar-refractivity contribution in [3.8, 4) is 11.8 Å². The number of ether oxygens (including phenoxy) is 1. The number of rotatable bonds is 6. The molecule has 19 heavy (non-hydrogen) atoms. The Morgan fingerprint density at radius 3 is 2.89 bits per heavy atom. The molecule has 0 saturated carbocycles. The van der Waals surface area contributed by atoms with Crippen molar-refractivity contribution >= 4 is 11.3 Å². The molecule has 1 aromatic carbocycles. The van der Waals surface area contributed by atoms with Gasteiger partial charge < -0.3 is 4.74 Å². The third-order valence-electron chi connectivity index (χ3n) is 2.77. The summed E-state index contributed by atoms with van der Waals surface area (Å²) in [5.41, 5.74) is 1.91. The van der Waals surface area contributed by atoms with Crippen molar-refractivity contribution in [1.29, 1.82) is 5.26 Å². The van der Waals surface area contributed by atoms with Gasteiger partial charge >= 0.3 is 0 Å². The lowest BCUT2D eigenvalue weighted by Crippen LogP contribution is -2.23. The predicted octanol–water partition coefficient (Wildman–Crippen LogP) is 3.13. The van der Waals surface area contributed by atoms with Crippen LogP contribution in [-0.2, 0) is 6.54 Å². The van der Waals surface area contributed by atoms with Crippen LogP contribution in [0.2, 0.25) is 0 Å². The van der Waals surface area contributed by atoms with Gasteiger partial charge in [0.25, 0.3) is 0 Å². The molecule has 0 spiro atoms. The van der Waals surface area contributed by atoms with Gasteiger partial charge in [0.1, 0.15) is 18.4 Å². The van der Waals surface area contributed by atoms with E-state index in [1.54, 1.807) is 17.4 Å². The summed E-state index contributed by atoms with van der Waals surface area (Å²) in [5, 5.41) is 13.2. The van der Waals surface area contributed by atoms with Gasteiger partial charge in [-0.15, -0.1) is 0 Å². The van der Waals surface area contributed by atoms with Gasteiger partial charge in [-0.1, -0.05) is 12.1 Å². The van der Waals surface area contributed by atoms with Crippen LogP contribution in [0, 0.1) is 11.3 Å². The van der Waals surface area contributed by atoms with Gasteiger partial charge in [0.15, 0.2) is 0 Å². The highest BCUT2D eigenvalue weighted by molar-refractivity contribution is 7.07. The molecule has 2 aromatic rings. The summed E-state index contributed by atoms with van der Waals surface area (Å²) in [6, 6.07) is 11.6. The zero-order valence-corrected chi connectivity index (χ0v) is 11.7. The first-order valence-corrected chi connectivity index (χ1v) is 7.05. The molecule has 0 N–H and O–H groups in total. The molecule has 0 amide bonds. The number of likely N-dealkylation sites (N-methyl/N-ethyl adjacent to an activating group) is 1. The molecule has 98 valence electrons. The summed E-state index contributed by atoms with van der Waals surface area (Å²) in [6.45, 7) is 2.34. The standard InChI is InChI=1S/C15H16N2OS/c1-17(11-13-6-9-19-12-13)7-8-18-15-5-3-2-4-14(15)10-16/h2-6,9,12H,7-8,11H2,1H3. The second-order valence-electron chi connectivity index (χ2n) is 4.33. The largest absolute Gasteiger partial charge is 0.491 e. The molecule has 1 heterocycles. The molecule has 1 aromatic heterocycles. The van der Waals surface area contributed by atoms with Crippen molar-refractivity contribution in [3.05, 3.63) is 52.2 Å². The smallest absolute Gasteiger partial charge is 0.137 e. The van der Waals surface area contributed by atoms with Crippen molar-refractivity contribution in [2.75, 3.05) is 20.2 Å². The summed E-state index contributed by atoms with van der Waals surface area (Å²) >= 11 is 1.71. The van der Waals surface area contributed by atoms with E-state index in [1.165, 1.54) is 5.56 Å². The van der Waals surface area contributed by atoms with Crippen molar-refractivity contribution in [3.63, 3.8) is 0 Å². The zero-order valence-electron chi connectivity index (χ0n) is 10.9. The Hall–Kier alpha value is -1.83. The topological polar surface area (TPSA) is 36.3 Å². The van der Waals surface area contributed by atoms with Gasteiger partial charge in [0.2, 0.25) is 0 Å². The maximum Gasteiger partial charge on any atom is 0.137 e. The van der Waals surface area contributed by atoms with Crippen LogP contribution < -0.4 is 4.74 Å². The van der Waals surface area contributed by atoms with Gasteiger partial charge in [0.05, 0.1) is 5.56 Å². The highest BCUT2D eigenvalue weighted by Gasteiger charge is 2.04. The molecule has 0 unspecified atom stereocenters. The molecule has 0 aliphatic heterocycles. The Balaban J connectivity index is 1.78. The molecule has 0 aliphatic rings. The first-order chi connectivity index (χ1) is 9.29. The first-order valence-electron chi connectivity index (χ1n) is 6.11. The van der Waals surface area contributed by atoms with E-state index in [0.29, 0.717) is 17.9 Å². The van der Waals surface area contributed by atoms with Crippen molar-refractivity contribution < 1.29 is 4.74 Å². The number of hydrogen-bond donors (Lipinski definition) is 0. The Labute approximate surface area is 117 Å². The van der Waals surface area contributed by atoms with E-state index in [4.69, 9.17) is 10.00 Å². The molecule has 4 heteroatoms. The van der Waals surface area contributed by atoms with Crippen LogP contribution in [0.15, 0.2) is 41.1 Å². The highest BCUT2D eigenvalue weighted by atomic mass is 32.1. The fourth-order valence-corrected chi connectivity index (χ4v) is 2.43. The number of benzene rings is 1. The Morgan fingerprint density at radius 1 is 1.32 bits per heavy atom. The van der Waals surface area contributed by atoms with Gasteiger partial charge in [0, 0.05) is 13.1 Å².